The first-order chi connectivity index (χ1) is 9.42. The van der Waals surface area contributed by atoms with Gasteiger partial charge in [-0.05, 0) is 54.2 Å². The molecule has 1 saturated carbocycles. The van der Waals surface area contributed by atoms with Crippen LogP contribution in [0.1, 0.15) is 39.5 Å². The molecular formula is C15H20BrClFNO. The smallest absolute Gasteiger partial charge is 0.145 e. The Labute approximate surface area is 133 Å². The van der Waals surface area contributed by atoms with Crippen LogP contribution in [0.15, 0.2) is 16.6 Å². The van der Waals surface area contributed by atoms with E-state index in [0.717, 1.165) is 32.2 Å². The van der Waals surface area contributed by atoms with Crippen LogP contribution in [0.5, 0.6) is 5.75 Å². The van der Waals surface area contributed by atoms with E-state index >= 15 is 0 Å². The van der Waals surface area contributed by atoms with Crippen LogP contribution in [-0.4, -0.2) is 18.2 Å². The van der Waals surface area contributed by atoms with Gasteiger partial charge >= 0.3 is 0 Å². The molecular weight excluding hydrogens is 345 g/mol. The van der Waals surface area contributed by atoms with Crippen molar-refractivity contribution in [2.24, 2.45) is 0 Å². The molecule has 2 rings (SSSR count). The third-order valence-corrected chi connectivity index (χ3v) is 4.61. The predicted molar refractivity (Wildman–Crippen MR) is 84.1 cm³/mol. The first-order valence-corrected chi connectivity index (χ1v) is 8.16. The van der Waals surface area contributed by atoms with Crippen molar-refractivity contribution in [3.05, 3.63) is 27.4 Å². The lowest BCUT2D eigenvalue weighted by Gasteiger charge is -2.42. The van der Waals surface area contributed by atoms with Crippen molar-refractivity contribution in [3.63, 3.8) is 0 Å². The molecule has 0 aromatic heterocycles. The second-order valence-corrected chi connectivity index (χ2v) is 6.96. The summed E-state index contributed by atoms with van der Waals surface area (Å²) in [6.07, 6.45) is 4.13. The topological polar surface area (TPSA) is 21.3 Å². The minimum atomic E-state index is -0.445. The van der Waals surface area contributed by atoms with E-state index in [-0.39, 0.29) is 10.6 Å². The van der Waals surface area contributed by atoms with E-state index in [1.54, 1.807) is 6.07 Å². The summed E-state index contributed by atoms with van der Waals surface area (Å²) in [6.45, 7) is 5.16. The molecule has 0 saturated heterocycles. The van der Waals surface area contributed by atoms with Gasteiger partial charge in [0.25, 0.3) is 0 Å². The molecule has 0 bridgehead atoms. The normalized spacial score (nSPS) is 17.1. The number of nitrogens with one attached hydrogen (secondary N) is 1. The maximum atomic E-state index is 13.6. The van der Waals surface area contributed by atoms with Crippen LogP contribution in [0.3, 0.4) is 0 Å². The molecule has 0 atom stereocenters. The highest BCUT2D eigenvalue weighted by atomic mass is 79.9. The lowest BCUT2D eigenvalue weighted by atomic mass is 9.77. The highest BCUT2D eigenvalue weighted by Gasteiger charge is 2.39. The fraction of sp³-hybridized carbons (Fsp3) is 0.600. The second-order valence-electron chi connectivity index (χ2n) is 5.69. The van der Waals surface area contributed by atoms with Crippen LogP contribution < -0.4 is 10.1 Å². The van der Waals surface area contributed by atoms with Gasteiger partial charge in [-0.25, -0.2) is 4.39 Å². The molecule has 0 amide bonds. The molecule has 5 heteroatoms. The quantitative estimate of drug-likeness (QED) is 0.723. The lowest BCUT2D eigenvalue weighted by molar-refractivity contribution is -0.0153. The van der Waals surface area contributed by atoms with Crippen LogP contribution in [0.2, 0.25) is 5.02 Å². The molecule has 0 aliphatic heterocycles. The highest BCUT2D eigenvalue weighted by molar-refractivity contribution is 9.10. The van der Waals surface area contributed by atoms with Crippen molar-refractivity contribution in [3.8, 4) is 5.75 Å². The zero-order valence-electron chi connectivity index (χ0n) is 11.8. The van der Waals surface area contributed by atoms with Gasteiger partial charge in [-0.2, -0.15) is 0 Å². The van der Waals surface area contributed by atoms with Crippen LogP contribution >= 0.6 is 27.5 Å². The number of rotatable bonds is 6. The Balaban J connectivity index is 2.04. The second kappa shape index (κ2) is 6.63. The summed E-state index contributed by atoms with van der Waals surface area (Å²) in [5.74, 6) is 0.0933. The third kappa shape index (κ3) is 3.86. The summed E-state index contributed by atoms with van der Waals surface area (Å²) < 4.78 is 20.4. The van der Waals surface area contributed by atoms with E-state index in [0.29, 0.717) is 16.3 Å². The van der Waals surface area contributed by atoms with Crippen molar-refractivity contribution in [1.29, 1.82) is 0 Å². The van der Waals surface area contributed by atoms with E-state index in [4.69, 9.17) is 16.3 Å². The molecule has 1 fully saturated rings. The SMILES string of the molecule is CC(C)NCCC1(Oc2cc(F)c(Cl)cc2Br)CCC1. The van der Waals surface area contributed by atoms with Gasteiger partial charge in [-0.1, -0.05) is 25.4 Å². The summed E-state index contributed by atoms with van der Waals surface area (Å²) in [7, 11) is 0. The fourth-order valence-electron chi connectivity index (χ4n) is 2.38. The zero-order valence-corrected chi connectivity index (χ0v) is 14.2. The van der Waals surface area contributed by atoms with Gasteiger partial charge in [0.1, 0.15) is 17.2 Å². The van der Waals surface area contributed by atoms with E-state index < -0.39 is 5.82 Å². The van der Waals surface area contributed by atoms with Gasteiger partial charge in [0, 0.05) is 12.1 Å². The standard InChI is InChI=1S/C15H20BrClFNO/c1-10(2)19-7-6-15(4-3-5-15)20-14-9-13(18)12(17)8-11(14)16/h8-10,19H,3-7H2,1-2H3. The number of ether oxygens (including phenoxy) is 1. The van der Waals surface area contributed by atoms with E-state index in [1.165, 1.54) is 6.07 Å². The van der Waals surface area contributed by atoms with E-state index in [9.17, 15) is 4.39 Å². The Kier molecular flexibility index (Phi) is 5.32. The van der Waals surface area contributed by atoms with E-state index in [1.807, 2.05) is 0 Å². The number of hydrogen-bond acceptors (Lipinski definition) is 2. The highest BCUT2D eigenvalue weighted by Crippen LogP contribution is 2.42. The summed E-state index contributed by atoms with van der Waals surface area (Å²) >= 11 is 9.14. The van der Waals surface area contributed by atoms with Gasteiger partial charge in [0.2, 0.25) is 0 Å². The molecule has 0 radical (unpaired) electrons. The van der Waals surface area contributed by atoms with Crippen molar-refractivity contribution >= 4 is 27.5 Å². The Morgan fingerprint density at radius 1 is 1.45 bits per heavy atom. The van der Waals surface area contributed by atoms with Crippen LogP contribution in [0, 0.1) is 5.82 Å². The molecule has 1 aliphatic rings. The molecule has 1 aromatic rings. The molecule has 1 aromatic carbocycles. The Bertz CT molecular complexity index is 477. The first kappa shape index (κ1) is 16.1. The summed E-state index contributed by atoms with van der Waals surface area (Å²) in [4.78, 5) is 0. The van der Waals surface area contributed by atoms with Crippen LogP contribution in [0.4, 0.5) is 4.39 Å². The van der Waals surface area contributed by atoms with Crippen molar-refractivity contribution < 1.29 is 9.13 Å². The molecule has 20 heavy (non-hydrogen) atoms. The largest absolute Gasteiger partial charge is 0.486 e. The average molecular weight is 365 g/mol. The van der Waals surface area contributed by atoms with Gasteiger partial charge in [0.05, 0.1) is 9.50 Å². The fourth-order valence-corrected chi connectivity index (χ4v) is 3.10. The van der Waals surface area contributed by atoms with Crippen molar-refractivity contribution in [2.45, 2.75) is 51.2 Å². The van der Waals surface area contributed by atoms with Crippen LogP contribution in [0.25, 0.3) is 0 Å². The molecule has 2 nitrogen and oxygen atoms in total. The minimum Gasteiger partial charge on any atom is -0.486 e. The lowest BCUT2D eigenvalue weighted by Crippen LogP contribution is -2.46. The van der Waals surface area contributed by atoms with Crippen LogP contribution in [-0.2, 0) is 0 Å². The Hall–Kier alpha value is -0.320. The maximum absolute atomic E-state index is 13.6. The first-order valence-electron chi connectivity index (χ1n) is 6.99. The molecule has 0 spiro atoms. The Morgan fingerprint density at radius 2 is 2.15 bits per heavy atom. The predicted octanol–water partition coefficient (Wildman–Crippen LogP) is 4.93. The van der Waals surface area contributed by atoms with Crippen molar-refractivity contribution in [2.75, 3.05) is 6.54 Å². The average Bonchev–Trinajstić information content (AvgIpc) is 2.32. The van der Waals surface area contributed by atoms with E-state index in [2.05, 4.69) is 35.1 Å². The van der Waals surface area contributed by atoms with Gasteiger partial charge in [-0.3, -0.25) is 0 Å². The third-order valence-electron chi connectivity index (χ3n) is 3.70. The maximum Gasteiger partial charge on any atom is 0.145 e. The molecule has 0 unspecified atom stereocenters. The Morgan fingerprint density at radius 3 is 2.70 bits per heavy atom. The number of halogens is 3. The molecule has 0 heterocycles. The molecule has 1 N–H and O–H groups in total. The minimum absolute atomic E-state index is 0.105. The van der Waals surface area contributed by atoms with Gasteiger partial charge in [-0.15, -0.1) is 0 Å². The number of hydrogen-bond donors (Lipinski definition) is 1. The van der Waals surface area contributed by atoms with Crippen molar-refractivity contribution in [1.82, 2.24) is 5.32 Å². The zero-order chi connectivity index (χ0) is 14.8. The summed E-state index contributed by atoms with van der Waals surface area (Å²) in [6, 6.07) is 3.37. The van der Waals surface area contributed by atoms with Gasteiger partial charge in [0.15, 0.2) is 0 Å². The van der Waals surface area contributed by atoms with Gasteiger partial charge < -0.3 is 10.1 Å². The summed E-state index contributed by atoms with van der Waals surface area (Å²) in [5, 5.41) is 3.51. The molecule has 112 valence electrons. The number of benzene rings is 1. The molecule has 1 aliphatic carbocycles. The monoisotopic (exact) mass is 363 g/mol. The summed E-state index contributed by atoms with van der Waals surface area (Å²) in [5.41, 5.74) is -0.162.